The van der Waals surface area contributed by atoms with Gasteiger partial charge in [-0.3, -0.25) is 9.89 Å². The number of halogens is 1. The average Bonchev–Trinajstić information content (AvgIpc) is 3.21. The van der Waals surface area contributed by atoms with Crippen LogP contribution in [-0.2, 0) is 0 Å². The van der Waals surface area contributed by atoms with E-state index in [4.69, 9.17) is 0 Å². The predicted molar refractivity (Wildman–Crippen MR) is 90.2 cm³/mol. The van der Waals surface area contributed by atoms with Crippen molar-refractivity contribution < 1.29 is 0 Å². The molecule has 2 unspecified atom stereocenters. The molecular formula is C14H27IN4. The molecule has 0 aromatic heterocycles. The molecule has 0 spiro atoms. The molecule has 0 bridgehead atoms. The molecular weight excluding hydrogens is 351 g/mol. The van der Waals surface area contributed by atoms with Gasteiger partial charge in [0.15, 0.2) is 5.96 Å². The molecule has 0 aromatic carbocycles. The highest BCUT2D eigenvalue weighted by Gasteiger charge is 2.46. The number of hydrogen-bond donors (Lipinski definition) is 2. The quantitative estimate of drug-likeness (QED) is 0.447. The number of hydrogen-bond acceptors (Lipinski definition) is 2. The number of rotatable bonds is 3. The third kappa shape index (κ3) is 3.74. The Labute approximate surface area is 133 Å². The van der Waals surface area contributed by atoms with Crippen LogP contribution < -0.4 is 10.6 Å². The van der Waals surface area contributed by atoms with Crippen molar-refractivity contribution in [3.8, 4) is 0 Å². The second kappa shape index (κ2) is 5.76. The van der Waals surface area contributed by atoms with Crippen LogP contribution in [-0.4, -0.2) is 49.1 Å². The third-order valence-electron chi connectivity index (χ3n) is 4.67. The van der Waals surface area contributed by atoms with Gasteiger partial charge >= 0.3 is 0 Å². The van der Waals surface area contributed by atoms with E-state index in [1.54, 1.807) is 0 Å². The highest BCUT2D eigenvalue weighted by atomic mass is 127. The second-order valence-corrected chi connectivity index (χ2v) is 6.82. The Morgan fingerprint density at radius 1 is 1.21 bits per heavy atom. The van der Waals surface area contributed by atoms with Gasteiger partial charge in [-0.2, -0.15) is 0 Å². The van der Waals surface area contributed by atoms with E-state index in [0.29, 0.717) is 17.5 Å². The lowest BCUT2D eigenvalue weighted by molar-refractivity contribution is 0.321. The molecule has 0 amide bonds. The molecule has 3 fully saturated rings. The normalized spacial score (nSPS) is 33.7. The molecule has 19 heavy (non-hydrogen) atoms. The van der Waals surface area contributed by atoms with Gasteiger partial charge in [0.05, 0.1) is 0 Å². The first-order valence-electron chi connectivity index (χ1n) is 7.32. The van der Waals surface area contributed by atoms with Crippen LogP contribution in [0, 0.1) is 5.41 Å². The Bertz CT molecular complexity index is 351. The summed E-state index contributed by atoms with van der Waals surface area (Å²) in [7, 11) is 1.87. The van der Waals surface area contributed by atoms with Crippen LogP contribution >= 0.6 is 24.0 Å². The number of likely N-dealkylation sites (tertiary alicyclic amines) is 1. The maximum Gasteiger partial charge on any atom is 0.191 e. The largest absolute Gasteiger partial charge is 0.353 e. The van der Waals surface area contributed by atoms with Crippen LogP contribution in [0.4, 0.5) is 0 Å². The lowest BCUT2D eigenvalue weighted by atomic mass is 10.2. The van der Waals surface area contributed by atoms with E-state index >= 15 is 0 Å². The molecule has 2 N–H and O–H groups in total. The fraction of sp³-hybridized carbons (Fsp3) is 0.929. The minimum Gasteiger partial charge on any atom is -0.353 e. The zero-order valence-electron chi connectivity index (χ0n) is 12.3. The van der Waals surface area contributed by atoms with Crippen LogP contribution in [0.25, 0.3) is 0 Å². The molecule has 0 aromatic rings. The number of nitrogens with zero attached hydrogens (tertiary/aromatic N) is 2. The van der Waals surface area contributed by atoms with Crippen molar-refractivity contribution in [3.05, 3.63) is 0 Å². The molecule has 1 aliphatic heterocycles. The fourth-order valence-electron chi connectivity index (χ4n) is 2.92. The SMILES string of the molecule is CN=C(NC1CCN(C2CC2)C1)NC1CC1(C)C.I. The summed E-state index contributed by atoms with van der Waals surface area (Å²) in [6.45, 7) is 7.07. The Morgan fingerprint density at radius 2 is 1.89 bits per heavy atom. The molecule has 5 heteroatoms. The van der Waals surface area contributed by atoms with Crippen LogP contribution in [0.5, 0.6) is 0 Å². The number of nitrogens with one attached hydrogen (secondary N) is 2. The highest BCUT2D eigenvalue weighted by Crippen LogP contribution is 2.44. The van der Waals surface area contributed by atoms with Crippen molar-refractivity contribution in [2.75, 3.05) is 20.1 Å². The molecule has 1 saturated heterocycles. The lowest BCUT2D eigenvalue weighted by Gasteiger charge is -2.19. The van der Waals surface area contributed by atoms with Crippen molar-refractivity contribution in [2.45, 2.75) is 57.7 Å². The van der Waals surface area contributed by atoms with Crippen molar-refractivity contribution in [1.82, 2.24) is 15.5 Å². The molecule has 2 aliphatic carbocycles. The monoisotopic (exact) mass is 378 g/mol. The van der Waals surface area contributed by atoms with Gasteiger partial charge in [-0.25, -0.2) is 0 Å². The molecule has 2 saturated carbocycles. The standard InChI is InChI=1S/C14H26N4.HI/c1-14(2)8-12(14)17-13(15-3)16-10-6-7-18(9-10)11-4-5-11;/h10-12H,4-9H2,1-3H3,(H2,15,16,17);1H. The minimum atomic E-state index is 0. The lowest BCUT2D eigenvalue weighted by Crippen LogP contribution is -2.46. The summed E-state index contributed by atoms with van der Waals surface area (Å²) in [5.74, 6) is 0.994. The maximum atomic E-state index is 4.36. The van der Waals surface area contributed by atoms with Crippen molar-refractivity contribution in [2.24, 2.45) is 10.4 Å². The van der Waals surface area contributed by atoms with E-state index in [9.17, 15) is 0 Å². The Balaban J connectivity index is 0.00000133. The van der Waals surface area contributed by atoms with Gasteiger partial charge in [0.25, 0.3) is 0 Å². The number of aliphatic imine (C=N–C) groups is 1. The minimum absolute atomic E-state index is 0. The van der Waals surface area contributed by atoms with E-state index in [1.165, 1.54) is 38.8 Å². The van der Waals surface area contributed by atoms with E-state index in [2.05, 4.69) is 34.4 Å². The molecule has 3 rings (SSSR count). The summed E-state index contributed by atoms with van der Waals surface area (Å²) in [5, 5.41) is 7.12. The van der Waals surface area contributed by atoms with Gasteiger partial charge in [0, 0.05) is 38.3 Å². The maximum absolute atomic E-state index is 4.36. The molecule has 0 radical (unpaired) electrons. The Kier molecular flexibility index (Phi) is 4.65. The van der Waals surface area contributed by atoms with Crippen molar-refractivity contribution >= 4 is 29.9 Å². The van der Waals surface area contributed by atoms with Gasteiger partial charge in [0.2, 0.25) is 0 Å². The van der Waals surface area contributed by atoms with Crippen molar-refractivity contribution in [3.63, 3.8) is 0 Å². The average molecular weight is 378 g/mol. The summed E-state index contributed by atoms with van der Waals surface area (Å²) in [6.07, 6.45) is 5.34. The summed E-state index contributed by atoms with van der Waals surface area (Å²) in [4.78, 5) is 6.99. The number of guanidine groups is 1. The zero-order chi connectivity index (χ0) is 12.8. The van der Waals surface area contributed by atoms with Gasteiger partial charge in [-0.15, -0.1) is 24.0 Å². The van der Waals surface area contributed by atoms with Gasteiger partial charge in [-0.05, 0) is 31.1 Å². The highest BCUT2D eigenvalue weighted by molar-refractivity contribution is 14.0. The Morgan fingerprint density at radius 3 is 2.42 bits per heavy atom. The second-order valence-electron chi connectivity index (χ2n) is 6.82. The summed E-state index contributed by atoms with van der Waals surface area (Å²) in [6, 6.07) is 2.08. The Hall–Kier alpha value is -0.0400. The molecule has 2 atom stereocenters. The van der Waals surface area contributed by atoms with Gasteiger partial charge in [-0.1, -0.05) is 13.8 Å². The van der Waals surface area contributed by atoms with Crippen LogP contribution in [0.3, 0.4) is 0 Å². The molecule has 1 heterocycles. The fourth-order valence-corrected chi connectivity index (χ4v) is 2.92. The van der Waals surface area contributed by atoms with Gasteiger partial charge in [0.1, 0.15) is 0 Å². The summed E-state index contributed by atoms with van der Waals surface area (Å²) >= 11 is 0. The smallest absolute Gasteiger partial charge is 0.191 e. The summed E-state index contributed by atoms with van der Waals surface area (Å²) < 4.78 is 0. The van der Waals surface area contributed by atoms with E-state index in [-0.39, 0.29) is 24.0 Å². The van der Waals surface area contributed by atoms with Gasteiger partial charge < -0.3 is 10.6 Å². The van der Waals surface area contributed by atoms with E-state index in [0.717, 1.165) is 12.0 Å². The molecule has 110 valence electrons. The first-order chi connectivity index (χ1) is 8.58. The zero-order valence-corrected chi connectivity index (χ0v) is 14.6. The van der Waals surface area contributed by atoms with Crippen LogP contribution in [0.1, 0.15) is 39.5 Å². The van der Waals surface area contributed by atoms with Crippen LogP contribution in [0.2, 0.25) is 0 Å². The first kappa shape index (κ1) is 15.4. The predicted octanol–water partition coefficient (Wildman–Crippen LogP) is 1.80. The molecule has 3 aliphatic rings. The van der Waals surface area contributed by atoms with E-state index < -0.39 is 0 Å². The van der Waals surface area contributed by atoms with E-state index in [1.807, 2.05) is 7.05 Å². The third-order valence-corrected chi connectivity index (χ3v) is 4.67. The van der Waals surface area contributed by atoms with Crippen LogP contribution in [0.15, 0.2) is 4.99 Å². The topological polar surface area (TPSA) is 39.7 Å². The van der Waals surface area contributed by atoms with Crippen molar-refractivity contribution in [1.29, 1.82) is 0 Å². The first-order valence-corrected chi connectivity index (χ1v) is 7.32. The summed E-state index contributed by atoms with van der Waals surface area (Å²) in [5.41, 5.74) is 0.452. The molecule has 4 nitrogen and oxygen atoms in total.